The van der Waals surface area contributed by atoms with E-state index in [1.54, 1.807) is 20.8 Å². The molecule has 4 bridgehead atoms. The molecule has 4 fully saturated rings. The Hall–Kier alpha value is -1.14. The van der Waals surface area contributed by atoms with Crippen molar-refractivity contribution in [2.75, 3.05) is 6.54 Å². The van der Waals surface area contributed by atoms with Crippen molar-refractivity contribution in [2.45, 2.75) is 69.6 Å². The van der Waals surface area contributed by atoms with E-state index in [4.69, 9.17) is 9.84 Å². The lowest BCUT2D eigenvalue weighted by molar-refractivity contribution is -0.229. The number of nitrogens with one attached hydrogen (secondary N) is 1. The smallest absolute Gasteiger partial charge is 0.340 e. The average Bonchev–Trinajstić information content (AvgIpc) is 2.39. The molecule has 0 aliphatic heterocycles. The summed E-state index contributed by atoms with van der Waals surface area (Å²) in [6.45, 7) is 5.09. The highest BCUT2D eigenvalue weighted by Crippen LogP contribution is 2.60. The van der Waals surface area contributed by atoms with E-state index in [2.05, 4.69) is 5.32 Å². The fraction of sp³-hybridized carbons (Fsp3) is 0.882. The molecule has 4 aliphatic rings. The van der Waals surface area contributed by atoms with E-state index in [9.17, 15) is 14.7 Å². The molecule has 3 N–H and O–H groups in total. The van der Waals surface area contributed by atoms with Crippen molar-refractivity contribution in [3.63, 3.8) is 0 Å². The summed E-state index contributed by atoms with van der Waals surface area (Å²) >= 11 is 0. The second-order valence-corrected chi connectivity index (χ2v) is 8.64. The average molecular weight is 325 g/mol. The van der Waals surface area contributed by atoms with Crippen LogP contribution in [-0.2, 0) is 14.3 Å². The number of carboxylic acids is 1. The van der Waals surface area contributed by atoms with Gasteiger partial charge in [0, 0.05) is 5.92 Å². The molecule has 6 nitrogen and oxygen atoms in total. The van der Waals surface area contributed by atoms with Gasteiger partial charge >= 0.3 is 11.9 Å². The number of rotatable bonds is 4. The molecule has 4 aliphatic carbocycles. The standard InChI is InChI=1S/C17H27NO5/c1-15(2,3)23-14(21)17(22)12-5-10-4-11(6-12)8-16(17,7-10)18-9-13(19)20/h10-12,18,22H,4-9H2,1-3H3,(H,19,20)/t10?,11?,12?,16?,17-/m1/s1. The number of aliphatic hydroxyl groups is 1. The van der Waals surface area contributed by atoms with Crippen molar-refractivity contribution >= 4 is 11.9 Å². The maximum absolute atomic E-state index is 12.9. The highest BCUT2D eigenvalue weighted by Gasteiger charge is 2.69. The van der Waals surface area contributed by atoms with Gasteiger partial charge in [0.25, 0.3) is 0 Å². The van der Waals surface area contributed by atoms with Gasteiger partial charge in [0.1, 0.15) is 5.60 Å². The zero-order valence-corrected chi connectivity index (χ0v) is 14.1. The summed E-state index contributed by atoms with van der Waals surface area (Å²) in [6.07, 6.45) is 4.05. The molecule has 2 unspecified atom stereocenters. The molecule has 4 saturated carbocycles. The highest BCUT2D eigenvalue weighted by atomic mass is 16.6. The molecular weight excluding hydrogens is 298 g/mol. The lowest BCUT2D eigenvalue weighted by Crippen LogP contribution is -2.77. The first-order valence-electron chi connectivity index (χ1n) is 8.48. The fourth-order valence-electron chi connectivity index (χ4n) is 5.25. The lowest BCUT2D eigenvalue weighted by atomic mass is 9.46. The number of aliphatic carboxylic acids is 1. The molecule has 0 heterocycles. The van der Waals surface area contributed by atoms with Crippen molar-refractivity contribution in [2.24, 2.45) is 17.8 Å². The predicted octanol–water partition coefficient (Wildman–Crippen LogP) is 1.31. The second-order valence-electron chi connectivity index (χ2n) is 8.64. The minimum Gasteiger partial charge on any atom is -0.480 e. The number of carbonyl (C=O) groups is 2. The van der Waals surface area contributed by atoms with Crippen LogP contribution in [-0.4, -0.2) is 45.4 Å². The van der Waals surface area contributed by atoms with Gasteiger partial charge < -0.3 is 14.9 Å². The Morgan fingerprint density at radius 3 is 2.22 bits per heavy atom. The van der Waals surface area contributed by atoms with Crippen LogP contribution in [0.15, 0.2) is 0 Å². The van der Waals surface area contributed by atoms with Gasteiger partial charge in [-0.3, -0.25) is 10.1 Å². The molecule has 130 valence electrons. The Morgan fingerprint density at radius 1 is 1.17 bits per heavy atom. The van der Waals surface area contributed by atoms with Gasteiger partial charge in [0.2, 0.25) is 0 Å². The Labute approximate surface area is 136 Å². The maximum Gasteiger partial charge on any atom is 0.340 e. The van der Waals surface area contributed by atoms with Gasteiger partial charge in [-0.05, 0) is 64.7 Å². The molecule has 0 saturated heterocycles. The van der Waals surface area contributed by atoms with Gasteiger partial charge in [-0.2, -0.15) is 0 Å². The molecule has 6 heteroatoms. The number of esters is 1. The zero-order valence-electron chi connectivity index (χ0n) is 14.1. The molecule has 0 aromatic heterocycles. The van der Waals surface area contributed by atoms with Gasteiger partial charge in [-0.1, -0.05) is 0 Å². The van der Waals surface area contributed by atoms with Gasteiger partial charge in [-0.15, -0.1) is 0 Å². The molecule has 0 radical (unpaired) electrons. The second kappa shape index (κ2) is 5.18. The number of hydrogen-bond acceptors (Lipinski definition) is 5. The monoisotopic (exact) mass is 325 g/mol. The Balaban J connectivity index is 1.94. The minimum absolute atomic E-state index is 0.148. The first kappa shape index (κ1) is 16.7. The first-order valence-corrected chi connectivity index (χ1v) is 8.48. The molecule has 0 amide bonds. The van der Waals surface area contributed by atoms with Gasteiger partial charge in [0.15, 0.2) is 5.60 Å². The summed E-state index contributed by atoms with van der Waals surface area (Å²) in [5.74, 6) is -0.822. The molecule has 23 heavy (non-hydrogen) atoms. The summed E-state index contributed by atoms with van der Waals surface area (Å²) in [7, 11) is 0. The minimum atomic E-state index is -1.64. The molecule has 0 aromatic rings. The van der Waals surface area contributed by atoms with Crippen LogP contribution in [0.5, 0.6) is 0 Å². The van der Waals surface area contributed by atoms with Gasteiger partial charge in [0.05, 0.1) is 12.1 Å². The summed E-state index contributed by atoms with van der Waals surface area (Å²) in [4.78, 5) is 23.9. The van der Waals surface area contributed by atoms with E-state index in [0.717, 1.165) is 19.3 Å². The van der Waals surface area contributed by atoms with Crippen LogP contribution in [0.3, 0.4) is 0 Å². The molecule has 0 spiro atoms. The number of hydrogen-bond donors (Lipinski definition) is 3. The van der Waals surface area contributed by atoms with Crippen LogP contribution in [0.1, 0.15) is 52.9 Å². The van der Waals surface area contributed by atoms with Crippen molar-refractivity contribution in [3.05, 3.63) is 0 Å². The van der Waals surface area contributed by atoms with Crippen molar-refractivity contribution in [1.29, 1.82) is 0 Å². The summed E-state index contributed by atoms with van der Waals surface area (Å²) < 4.78 is 5.52. The van der Waals surface area contributed by atoms with Crippen molar-refractivity contribution in [1.82, 2.24) is 5.32 Å². The Bertz CT molecular complexity index is 512. The Morgan fingerprint density at radius 2 is 1.74 bits per heavy atom. The van der Waals surface area contributed by atoms with Crippen LogP contribution < -0.4 is 5.32 Å². The Kier molecular flexibility index (Phi) is 3.76. The SMILES string of the molecule is CC(C)(C)OC(=O)[C@]1(O)C2CC3CC(C2)CC1(NCC(=O)O)C3. The van der Waals surface area contributed by atoms with Gasteiger partial charge in [-0.25, -0.2) is 4.79 Å². The largest absolute Gasteiger partial charge is 0.480 e. The fourth-order valence-corrected chi connectivity index (χ4v) is 5.25. The van der Waals surface area contributed by atoms with Crippen LogP contribution in [0.25, 0.3) is 0 Å². The van der Waals surface area contributed by atoms with E-state index in [0.29, 0.717) is 24.7 Å². The van der Waals surface area contributed by atoms with E-state index < -0.39 is 28.7 Å². The quantitative estimate of drug-likeness (QED) is 0.675. The van der Waals surface area contributed by atoms with E-state index >= 15 is 0 Å². The van der Waals surface area contributed by atoms with Crippen LogP contribution in [0.4, 0.5) is 0 Å². The van der Waals surface area contributed by atoms with Crippen LogP contribution >= 0.6 is 0 Å². The molecule has 0 aromatic carbocycles. The topological polar surface area (TPSA) is 95.9 Å². The summed E-state index contributed by atoms with van der Waals surface area (Å²) in [5, 5.41) is 23.5. The van der Waals surface area contributed by atoms with Crippen LogP contribution in [0.2, 0.25) is 0 Å². The molecule has 3 atom stereocenters. The molecular formula is C17H27NO5. The van der Waals surface area contributed by atoms with E-state index in [1.165, 1.54) is 0 Å². The third-order valence-electron chi connectivity index (χ3n) is 5.79. The molecule has 4 rings (SSSR count). The summed E-state index contributed by atoms with van der Waals surface area (Å²) in [5.41, 5.74) is -3.19. The normalized spacial score (nSPS) is 41.8. The maximum atomic E-state index is 12.9. The predicted molar refractivity (Wildman–Crippen MR) is 82.7 cm³/mol. The van der Waals surface area contributed by atoms with Crippen molar-refractivity contribution in [3.8, 4) is 0 Å². The highest BCUT2D eigenvalue weighted by molar-refractivity contribution is 5.83. The first-order chi connectivity index (χ1) is 10.6. The summed E-state index contributed by atoms with van der Waals surface area (Å²) in [6, 6.07) is 0. The van der Waals surface area contributed by atoms with Crippen molar-refractivity contribution < 1.29 is 24.5 Å². The van der Waals surface area contributed by atoms with E-state index in [-0.39, 0.29) is 12.5 Å². The third kappa shape index (κ3) is 2.66. The third-order valence-corrected chi connectivity index (χ3v) is 5.79. The lowest BCUT2D eigenvalue weighted by Gasteiger charge is -2.64. The number of carboxylic acid groups (broad SMARTS) is 1. The number of carbonyl (C=O) groups excluding carboxylic acids is 1. The number of ether oxygens (including phenoxy) is 1. The van der Waals surface area contributed by atoms with E-state index in [1.807, 2.05) is 0 Å². The van der Waals surface area contributed by atoms with Crippen LogP contribution in [0, 0.1) is 17.8 Å². The zero-order chi connectivity index (χ0) is 17.0.